The first-order valence-corrected chi connectivity index (χ1v) is 10.7. The Morgan fingerprint density at radius 2 is 1.70 bits per heavy atom. The number of hydrogen-bond acceptors (Lipinski definition) is 3. The molecule has 3 aromatic carbocycles. The van der Waals surface area contributed by atoms with E-state index >= 15 is 0 Å². The van der Waals surface area contributed by atoms with Crippen molar-refractivity contribution in [1.82, 2.24) is 10.6 Å². The van der Waals surface area contributed by atoms with Crippen molar-refractivity contribution in [1.29, 1.82) is 0 Å². The molecule has 2 aliphatic rings. The van der Waals surface area contributed by atoms with Gasteiger partial charge in [0.1, 0.15) is 5.75 Å². The Morgan fingerprint density at radius 3 is 2.50 bits per heavy atom. The summed E-state index contributed by atoms with van der Waals surface area (Å²) in [7, 11) is 0. The number of piperidine rings is 1. The molecule has 3 nitrogen and oxygen atoms in total. The molecule has 2 aliphatic heterocycles. The third kappa shape index (κ3) is 4.39. The average molecular weight is 421 g/mol. The summed E-state index contributed by atoms with van der Waals surface area (Å²) in [6.45, 7) is 2.70. The van der Waals surface area contributed by atoms with Crippen molar-refractivity contribution in [3.63, 3.8) is 0 Å². The zero-order chi connectivity index (χ0) is 19.5. The van der Waals surface area contributed by atoms with Crippen LogP contribution in [0.4, 0.5) is 0 Å². The van der Waals surface area contributed by atoms with Crippen LogP contribution in [0.2, 0.25) is 0 Å². The first kappa shape index (κ1) is 20.9. The van der Waals surface area contributed by atoms with E-state index in [1.807, 2.05) is 0 Å². The van der Waals surface area contributed by atoms with Gasteiger partial charge in [-0.3, -0.25) is 0 Å². The van der Waals surface area contributed by atoms with Crippen LogP contribution in [0.3, 0.4) is 0 Å². The van der Waals surface area contributed by atoms with Crippen LogP contribution in [0.25, 0.3) is 11.1 Å². The summed E-state index contributed by atoms with van der Waals surface area (Å²) in [4.78, 5) is 0. The van der Waals surface area contributed by atoms with Crippen LogP contribution in [-0.2, 0) is 13.0 Å². The van der Waals surface area contributed by atoms with Gasteiger partial charge in [-0.1, -0.05) is 60.7 Å². The molecule has 156 valence electrons. The molecule has 1 fully saturated rings. The number of ether oxygens (including phenoxy) is 1. The van der Waals surface area contributed by atoms with E-state index in [0.29, 0.717) is 12.1 Å². The van der Waals surface area contributed by atoms with E-state index in [9.17, 15) is 0 Å². The van der Waals surface area contributed by atoms with E-state index in [1.54, 1.807) is 0 Å². The molecular formula is C26H29ClN2O. The summed E-state index contributed by atoms with van der Waals surface area (Å²) in [5.41, 5.74) is 6.53. The smallest absolute Gasteiger partial charge is 0.127 e. The largest absolute Gasteiger partial charge is 0.493 e. The van der Waals surface area contributed by atoms with Crippen LogP contribution in [-0.4, -0.2) is 19.2 Å². The SMILES string of the molecule is Cl.c1ccc(-c2cc3c(c(CN[C@H]4CCCN[C@H]4c4ccccc4)c2)OCC3)cc1. The number of rotatable bonds is 5. The highest BCUT2D eigenvalue weighted by atomic mass is 35.5. The highest BCUT2D eigenvalue weighted by molar-refractivity contribution is 5.85. The lowest BCUT2D eigenvalue weighted by molar-refractivity contribution is 0.301. The molecule has 0 aromatic heterocycles. The molecule has 0 saturated carbocycles. The predicted octanol–water partition coefficient (Wildman–Crippen LogP) is 5.29. The molecule has 5 rings (SSSR count). The number of fused-ring (bicyclic) bond motifs is 1. The quantitative estimate of drug-likeness (QED) is 0.588. The monoisotopic (exact) mass is 420 g/mol. The highest BCUT2D eigenvalue weighted by Gasteiger charge is 2.26. The Hall–Kier alpha value is -2.33. The van der Waals surface area contributed by atoms with Crippen LogP contribution < -0.4 is 15.4 Å². The number of halogens is 1. The first-order valence-electron chi connectivity index (χ1n) is 10.7. The fourth-order valence-electron chi connectivity index (χ4n) is 4.68. The summed E-state index contributed by atoms with van der Waals surface area (Å²) in [6, 6.07) is 26.9. The van der Waals surface area contributed by atoms with Gasteiger partial charge in [-0.25, -0.2) is 0 Å². The Labute approximate surface area is 185 Å². The van der Waals surface area contributed by atoms with E-state index in [4.69, 9.17) is 4.74 Å². The third-order valence-electron chi connectivity index (χ3n) is 6.14. The summed E-state index contributed by atoms with van der Waals surface area (Å²) in [5.74, 6) is 1.09. The van der Waals surface area contributed by atoms with Crippen molar-refractivity contribution >= 4 is 12.4 Å². The molecule has 2 heterocycles. The molecule has 0 radical (unpaired) electrons. The van der Waals surface area contributed by atoms with E-state index in [-0.39, 0.29) is 12.4 Å². The minimum atomic E-state index is 0. The van der Waals surface area contributed by atoms with Crippen LogP contribution >= 0.6 is 12.4 Å². The molecule has 0 bridgehead atoms. The van der Waals surface area contributed by atoms with Gasteiger partial charge in [-0.2, -0.15) is 0 Å². The molecule has 4 heteroatoms. The van der Waals surface area contributed by atoms with Gasteiger partial charge in [-0.05, 0) is 53.8 Å². The van der Waals surface area contributed by atoms with Gasteiger partial charge in [0.15, 0.2) is 0 Å². The molecule has 30 heavy (non-hydrogen) atoms. The summed E-state index contributed by atoms with van der Waals surface area (Å²) < 4.78 is 6.02. The van der Waals surface area contributed by atoms with E-state index < -0.39 is 0 Å². The first-order chi connectivity index (χ1) is 14.4. The number of benzene rings is 3. The van der Waals surface area contributed by atoms with Gasteiger partial charge in [0.2, 0.25) is 0 Å². The van der Waals surface area contributed by atoms with Crippen LogP contribution in [0.5, 0.6) is 5.75 Å². The molecule has 2 N–H and O–H groups in total. The zero-order valence-corrected chi connectivity index (χ0v) is 18.0. The Balaban J connectivity index is 0.00000218. The maximum absolute atomic E-state index is 6.02. The van der Waals surface area contributed by atoms with Gasteiger partial charge in [0.25, 0.3) is 0 Å². The standard InChI is InChI=1S/C26H28N2O.ClH/c1-3-8-19(9-4-1)22-16-21-13-15-29-26(21)23(17-22)18-28-24-12-7-14-27-25(24)20-10-5-2-6-11-20;/h1-6,8-11,16-17,24-25,27-28H,7,12-15,18H2;1H/t24-,25-;/m0./s1. The van der Waals surface area contributed by atoms with Gasteiger partial charge < -0.3 is 15.4 Å². The zero-order valence-electron chi connectivity index (χ0n) is 17.1. The molecule has 3 aromatic rings. The molecule has 1 saturated heterocycles. The number of hydrogen-bond donors (Lipinski definition) is 2. The molecule has 0 amide bonds. The van der Waals surface area contributed by atoms with Crippen LogP contribution in [0.15, 0.2) is 72.8 Å². The fourth-order valence-corrected chi connectivity index (χ4v) is 4.68. The predicted molar refractivity (Wildman–Crippen MR) is 125 cm³/mol. The lowest BCUT2D eigenvalue weighted by Gasteiger charge is -2.34. The van der Waals surface area contributed by atoms with E-state index in [2.05, 4.69) is 83.4 Å². The highest BCUT2D eigenvalue weighted by Crippen LogP contribution is 2.35. The topological polar surface area (TPSA) is 33.3 Å². The summed E-state index contributed by atoms with van der Waals surface area (Å²) in [5, 5.41) is 7.57. The van der Waals surface area contributed by atoms with Crippen molar-refractivity contribution in [3.05, 3.63) is 89.5 Å². The van der Waals surface area contributed by atoms with Crippen molar-refractivity contribution < 1.29 is 4.74 Å². The lowest BCUT2D eigenvalue weighted by Crippen LogP contribution is -2.45. The van der Waals surface area contributed by atoms with Gasteiger partial charge in [0, 0.05) is 30.6 Å². The second-order valence-corrected chi connectivity index (χ2v) is 8.06. The minimum Gasteiger partial charge on any atom is -0.493 e. The Bertz CT molecular complexity index is 962. The van der Waals surface area contributed by atoms with Crippen molar-refractivity contribution in [2.45, 2.75) is 37.9 Å². The molecular weight excluding hydrogens is 392 g/mol. The maximum atomic E-state index is 6.02. The average Bonchev–Trinajstić information content (AvgIpc) is 3.28. The number of nitrogens with one attached hydrogen (secondary N) is 2. The molecule has 0 unspecified atom stereocenters. The summed E-state index contributed by atoms with van der Waals surface area (Å²) >= 11 is 0. The second-order valence-electron chi connectivity index (χ2n) is 8.06. The van der Waals surface area contributed by atoms with E-state index in [1.165, 1.54) is 40.7 Å². The lowest BCUT2D eigenvalue weighted by atomic mass is 9.92. The molecule has 0 spiro atoms. The summed E-state index contributed by atoms with van der Waals surface area (Å²) in [6.07, 6.45) is 3.40. The van der Waals surface area contributed by atoms with Crippen molar-refractivity contribution in [3.8, 4) is 16.9 Å². The van der Waals surface area contributed by atoms with Crippen molar-refractivity contribution in [2.75, 3.05) is 13.2 Å². The van der Waals surface area contributed by atoms with Crippen molar-refractivity contribution in [2.24, 2.45) is 0 Å². The van der Waals surface area contributed by atoms with Crippen LogP contribution in [0, 0.1) is 0 Å². The van der Waals surface area contributed by atoms with Gasteiger partial charge in [-0.15, -0.1) is 12.4 Å². The Morgan fingerprint density at radius 1 is 0.933 bits per heavy atom. The maximum Gasteiger partial charge on any atom is 0.127 e. The fraction of sp³-hybridized carbons (Fsp3) is 0.308. The van der Waals surface area contributed by atoms with Gasteiger partial charge >= 0.3 is 0 Å². The van der Waals surface area contributed by atoms with Gasteiger partial charge in [0.05, 0.1) is 6.61 Å². The molecule has 0 aliphatic carbocycles. The minimum absolute atomic E-state index is 0. The second kappa shape index (κ2) is 9.65. The Kier molecular flexibility index (Phi) is 6.73. The third-order valence-corrected chi connectivity index (χ3v) is 6.14. The normalized spacial score (nSPS) is 20.1. The van der Waals surface area contributed by atoms with Crippen LogP contribution in [0.1, 0.15) is 35.6 Å². The van der Waals surface area contributed by atoms with E-state index in [0.717, 1.165) is 31.9 Å². The molecule has 2 atom stereocenters.